The summed E-state index contributed by atoms with van der Waals surface area (Å²) in [6, 6.07) is 17.8. The average molecular weight is 443 g/mol. The molecule has 8 rings (SSSR count). The van der Waals surface area contributed by atoms with E-state index >= 15 is 0 Å². The molecule has 2 atom stereocenters. The van der Waals surface area contributed by atoms with Crippen LogP contribution in [0.4, 0.5) is 0 Å². The van der Waals surface area contributed by atoms with Gasteiger partial charge in [0.2, 0.25) is 0 Å². The molecule has 1 aliphatic heterocycles. The van der Waals surface area contributed by atoms with Gasteiger partial charge in [-0.3, -0.25) is 0 Å². The van der Waals surface area contributed by atoms with E-state index < -0.39 is 0 Å². The van der Waals surface area contributed by atoms with E-state index in [2.05, 4.69) is 95.4 Å². The molecule has 0 bridgehead atoms. The molecule has 3 nitrogen and oxygen atoms in total. The Morgan fingerprint density at radius 2 is 1.76 bits per heavy atom. The highest BCUT2D eigenvalue weighted by molar-refractivity contribution is 5.97. The molecular weight excluding hydrogens is 416 g/mol. The highest BCUT2D eigenvalue weighted by atomic mass is 16.3. The van der Waals surface area contributed by atoms with Crippen LogP contribution >= 0.6 is 0 Å². The van der Waals surface area contributed by atoms with E-state index in [4.69, 9.17) is 4.42 Å². The molecule has 2 unspecified atom stereocenters. The molecule has 0 saturated carbocycles. The molecule has 0 saturated heterocycles. The minimum Gasteiger partial charge on any atom is -0.460 e. The van der Waals surface area contributed by atoms with Crippen molar-refractivity contribution < 1.29 is 4.42 Å². The number of aryl methyl sites for hydroxylation is 1. The molecule has 0 N–H and O–H groups in total. The Labute approximate surface area is 199 Å². The summed E-state index contributed by atoms with van der Waals surface area (Å²) < 4.78 is 8.81. The number of rotatable bonds is 1. The molecule has 34 heavy (non-hydrogen) atoms. The standard InChI is InChI=1S/C31H26N2O/c1-32-30-20(21-16-18-27-29(31(21)32)23-12-6-8-14-26(23)34-27)15-17-25-28(30)22-11-5-7-13-24(22)33(25)19-9-3-2-4-10-19/h3,5-15,17,20,30H,2,4,16,18H2,1H3. The number of para-hydroxylation sites is 2. The van der Waals surface area contributed by atoms with Gasteiger partial charge in [-0.1, -0.05) is 54.6 Å². The molecule has 4 aromatic rings. The van der Waals surface area contributed by atoms with Gasteiger partial charge >= 0.3 is 0 Å². The van der Waals surface area contributed by atoms with Crippen molar-refractivity contribution in [3.8, 4) is 0 Å². The summed E-state index contributed by atoms with van der Waals surface area (Å²) in [4.78, 5) is 2.56. The number of allylic oxidation sites excluding steroid dienone is 4. The molecule has 2 aromatic heterocycles. The van der Waals surface area contributed by atoms with Crippen molar-refractivity contribution in [2.45, 2.75) is 31.7 Å². The number of furan rings is 1. The number of benzene rings is 2. The summed E-state index contributed by atoms with van der Waals surface area (Å²) in [6.07, 6.45) is 16.1. The van der Waals surface area contributed by atoms with Crippen molar-refractivity contribution >= 4 is 39.3 Å². The number of hydrogen-bond acceptors (Lipinski definition) is 2. The van der Waals surface area contributed by atoms with Gasteiger partial charge in [0.25, 0.3) is 0 Å². The van der Waals surface area contributed by atoms with Crippen LogP contribution in [0.5, 0.6) is 0 Å². The van der Waals surface area contributed by atoms with Gasteiger partial charge in [-0.05, 0) is 49.1 Å². The van der Waals surface area contributed by atoms with Crippen LogP contribution < -0.4 is 0 Å². The van der Waals surface area contributed by atoms with Crippen molar-refractivity contribution in [2.75, 3.05) is 7.05 Å². The third-order valence-electron chi connectivity index (χ3n) is 8.29. The van der Waals surface area contributed by atoms with Gasteiger partial charge in [0.05, 0.1) is 17.3 Å². The van der Waals surface area contributed by atoms with E-state index in [0.717, 1.165) is 37.0 Å². The zero-order valence-corrected chi connectivity index (χ0v) is 19.3. The van der Waals surface area contributed by atoms with E-state index in [1.807, 2.05) is 0 Å². The molecule has 0 amide bonds. The molecule has 3 aliphatic carbocycles. The molecule has 3 heterocycles. The van der Waals surface area contributed by atoms with Gasteiger partial charge in [0.15, 0.2) is 0 Å². The van der Waals surface area contributed by atoms with E-state index in [-0.39, 0.29) is 0 Å². The summed E-state index contributed by atoms with van der Waals surface area (Å²) in [6.45, 7) is 0. The van der Waals surface area contributed by atoms with Crippen molar-refractivity contribution in [1.29, 1.82) is 0 Å². The summed E-state index contributed by atoms with van der Waals surface area (Å²) in [5.41, 5.74) is 10.7. The Balaban J connectivity index is 1.36. The predicted octanol–water partition coefficient (Wildman–Crippen LogP) is 7.57. The largest absolute Gasteiger partial charge is 0.460 e. The quantitative estimate of drug-likeness (QED) is 0.303. The van der Waals surface area contributed by atoms with Gasteiger partial charge in [-0.15, -0.1) is 0 Å². The Kier molecular flexibility index (Phi) is 3.66. The van der Waals surface area contributed by atoms with Crippen molar-refractivity contribution in [3.63, 3.8) is 0 Å². The first-order chi connectivity index (χ1) is 16.8. The molecular formula is C31H26N2O. The van der Waals surface area contributed by atoms with Crippen molar-refractivity contribution in [2.24, 2.45) is 5.92 Å². The third-order valence-corrected chi connectivity index (χ3v) is 8.29. The summed E-state index contributed by atoms with van der Waals surface area (Å²) in [5, 5.41) is 2.63. The summed E-state index contributed by atoms with van der Waals surface area (Å²) in [5.74, 6) is 1.55. The highest BCUT2D eigenvalue weighted by Crippen LogP contribution is 2.57. The van der Waals surface area contributed by atoms with Crippen molar-refractivity contribution in [3.05, 3.63) is 101 Å². The fourth-order valence-electron chi connectivity index (χ4n) is 6.95. The lowest BCUT2D eigenvalue weighted by atomic mass is 9.81. The normalized spacial score (nSPS) is 22.7. The SMILES string of the molecule is CN1C2=C(CCc3oc4ccccc4c32)C2C=Cc3c(c4ccccc4n3C3=CCCC=C3)C21. The lowest BCUT2D eigenvalue weighted by Crippen LogP contribution is -2.24. The smallest absolute Gasteiger partial charge is 0.134 e. The molecule has 4 aliphatic rings. The number of aromatic nitrogens is 1. The first-order valence-corrected chi connectivity index (χ1v) is 12.5. The number of nitrogens with zero attached hydrogens (tertiary/aromatic N) is 2. The second-order valence-electron chi connectivity index (χ2n) is 9.97. The Bertz CT molecular complexity index is 1640. The topological polar surface area (TPSA) is 21.3 Å². The van der Waals surface area contributed by atoms with Crippen LogP contribution in [0.2, 0.25) is 0 Å². The first-order valence-electron chi connectivity index (χ1n) is 12.5. The molecule has 0 spiro atoms. The van der Waals surface area contributed by atoms with Crippen LogP contribution in [-0.2, 0) is 6.42 Å². The van der Waals surface area contributed by atoms with E-state index in [9.17, 15) is 0 Å². The number of hydrogen-bond donors (Lipinski definition) is 0. The van der Waals surface area contributed by atoms with Crippen LogP contribution in [0.1, 0.15) is 47.9 Å². The Hall–Kier alpha value is -3.72. The number of fused-ring (bicyclic) bond motifs is 10. The maximum Gasteiger partial charge on any atom is 0.134 e. The molecule has 0 fully saturated rings. The van der Waals surface area contributed by atoms with E-state index in [1.54, 1.807) is 5.57 Å². The average Bonchev–Trinajstić information content (AvgIpc) is 3.52. The lowest BCUT2D eigenvalue weighted by molar-refractivity contribution is 0.342. The maximum atomic E-state index is 6.33. The van der Waals surface area contributed by atoms with Crippen molar-refractivity contribution in [1.82, 2.24) is 9.47 Å². The molecule has 2 aromatic carbocycles. The molecule has 3 heteroatoms. The fraction of sp³-hybridized carbons (Fsp3) is 0.226. The van der Waals surface area contributed by atoms with Crippen LogP contribution in [0.3, 0.4) is 0 Å². The zero-order valence-electron chi connectivity index (χ0n) is 19.3. The molecule has 166 valence electrons. The lowest BCUT2D eigenvalue weighted by Gasteiger charge is -2.31. The fourth-order valence-corrected chi connectivity index (χ4v) is 6.95. The van der Waals surface area contributed by atoms with Gasteiger partial charge in [-0.2, -0.15) is 0 Å². The minimum absolute atomic E-state index is 0.309. The second-order valence-corrected chi connectivity index (χ2v) is 9.97. The van der Waals surface area contributed by atoms with Crippen LogP contribution in [0.25, 0.3) is 39.3 Å². The van der Waals surface area contributed by atoms with E-state index in [1.165, 1.54) is 44.5 Å². The van der Waals surface area contributed by atoms with Gasteiger partial charge < -0.3 is 13.9 Å². The van der Waals surface area contributed by atoms with Gasteiger partial charge in [0.1, 0.15) is 11.3 Å². The first kappa shape index (κ1) is 18.7. The van der Waals surface area contributed by atoms with Gasteiger partial charge in [-0.25, -0.2) is 0 Å². The van der Waals surface area contributed by atoms with Crippen LogP contribution in [-0.4, -0.2) is 16.5 Å². The second kappa shape index (κ2) is 6.66. The third kappa shape index (κ3) is 2.27. The van der Waals surface area contributed by atoms with Gasteiger partial charge in [0, 0.05) is 52.7 Å². The minimum atomic E-state index is 0.309. The van der Waals surface area contributed by atoms with Crippen LogP contribution in [0, 0.1) is 5.92 Å². The Morgan fingerprint density at radius 3 is 2.65 bits per heavy atom. The summed E-state index contributed by atoms with van der Waals surface area (Å²) in [7, 11) is 2.30. The van der Waals surface area contributed by atoms with E-state index in [0.29, 0.717) is 12.0 Å². The summed E-state index contributed by atoms with van der Waals surface area (Å²) >= 11 is 0. The predicted molar refractivity (Wildman–Crippen MR) is 139 cm³/mol. The van der Waals surface area contributed by atoms with Crippen LogP contribution in [0.15, 0.2) is 82.8 Å². The molecule has 0 radical (unpaired) electrons. The zero-order chi connectivity index (χ0) is 22.4. The maximum absolute atomic E-state index is 6.33. The Morgan fingerprint density at radius 1 is 0.912 bits per heavy atom. The monoisotopic (exact) mass is 442 g/mol. The highest BCUT2D eigenvalue weighted by Gasteiger charge is 2.45.